The van der Waals surface area contributed by atoms with Gasteiger partial charge in [0.05, 0.1) is 15.6 Å². The van der Waals surface area contributed by atoms with Crippen molar-refractivity contribution in [2.45, 2.75) is 4.90 Å². The van der Waals surface area contributed by atoms with Crippen LogP contribution in [0.3, 0.4) is 0 Å². The van der Waals surface area contributed by atoms with Crippen molar-refractivity contribution in [1.82, 2.24) is 4.90 Å². The van der Waals surface area contributed by atoms with Gasteiger partial charge in [0, 0.05) is 19.7 Å². The van der Waals surface area contributed by atoms with Crippen LogP contribution < -0.4 is 4.72 Å². The molecule has 22 heavy (non-hydrogen) atoms. The summed E-state index contributed by atoms with van der Waals surface area (Å²) in [6.07, 6.45) is 0. The van der Waals surface area contributed by atoms with Crippen molar-refractivity contribution < 1.29 is 13.2 Å². The molecule has 5 nitrogen and oxygen atoms in total. The monoisotopic (exact) mass is 338 g/mol. The van der Waals surface area contributed by atoms with E-state index in [1.165, 1.54) is 29.2 Å². The van der Waals surface area contributed by atoms with Crippen molar-refractivity contribution >= 4 is 33.2 Å². The number of nitrogens with one attached hydrogen (secondary N) is 1. The normalized spacial score (nSPS) is 11.0. The Morgan fingerprint density at radius 3 is 2.32 bits per heavy atom. The van der Waals surface area contributed by atoms with Gasteiger partial charge in [0.2, 0.25) is 0 Å². The van der Waals surface area contributed by atoms with Crippen LogP contribution in [0.25, 0.3) is 0 Å². The van der Waals surface area contributed by atoms with Gasteiger partial charge >= 0.3 is 0 Å². The maximum absolute atomic E-state index is 12.3. The molecular formula is C15H15ClN2O3S. The molecule has 0 spiro atoms. The second-order valence-corrected chi connectivity index (χ2v) is 6.90. The lowest BCUT2D eigenvalue weighted by Crippen LogP contribution is -2.22. The molecule has 0 aromatic heterocycles. The molecule has 0 saturated heterocycles. The number of carbonyl (C=O) groups is 1. The Balaban J connectivity index is 2.37. The molecule has 0 unspecified atom stereocenters. The highest BCUT2D eigenvalue weighted by Gasteiger charge is 2.17. The van der Waals surface area contributed by atoms with E-state index in [9.17, 15) is 13.2 Å². The van der Waals surface area contributed by atoms with Crippen molar-refractivity contribution in [2.75, 3.05) is 18.8 Å². The van der Waals surface area contributed by atoms with Gasteiger partial charge in [0.1, 0.15) is 0 Å². The molecule has 2 aromatic carbocycles. The highest BCUT2D eigenvalue weighted by Crippen LogP contribution is 2.26. The van der Waals surface area contributed by atoms with Crippen LogP contribution in [0.5, 0.6) is 0 Å². The number of rotatable bonds is 4. The number of hydrogen-bond acceptors (Lipinski definition) is 3. The Bertz CT molecular complexity index is 790. The van der Waals surface area contributed by atoms with Gasteiger partial charge in [-0.1, -0.05) is 29.8 Å². The second-order valence-electron chi connectivity index (χ2n) is 4.81. The molecule has 0 saturated carbocycles. The Morgan fingerprint density at radius 2 is 1.73 bits per heavy atom. The summed E-state index contributed by atoms with van der Waals surface area (Å²) < 4.78 is 27.0. The van der Waals surface area contributed by atoms with E-state index in [0.29, 0.717) is 5.56 Å². The molecule has 2 aromatic rings. The van der Waals surface area contributed by atoms with Crippen molar-refractivity contribution in [2.24, 2.45) is 0 Å². The number of hydrogen-bond donors (Lipinski definition) is 1. The summed E-state index contributed by atoms with van der Waals surface area (Å²) in [5.41, 5.74) is 0.512. The number of amides is 1. The highest BCUT2D eigenvalue weighted by molar-refractivity contribution is 7.92. The van der Waals surface area contributed by atoms with Crippen LogP contribution in [0, 0.1) is 0 Å². The smallest absolute Gasteiger partial charge is 0.261 e. The third kappa shape index (κ3) is 3.58. The molecule has 0 aliphatic carbocycles. The van der Waals surface area contributed by atoms with E-state index in [2.05, 4.69) is 4.72 Å². The third-order valence-corrected chi connectivity index (χ3v) is 4.63. The number of halogens is 1. The van der Waals surface area contributed by atoms with Crippen LogP contribution in [0.15, 0.2) is 53.4 Å². The van der Waals surface area contributed by atoms with Crippen LogP contribution in [0.2, 0.25) is 5.02 Å². The molecule has 2 rings (SSSR count). The predicted octanol–water partition coefficient (Wildman–Crippen LogP) is 2.84. The molecule has 0 fully saturated rings. The lowest BCUT2D eigenvalue weighted by molar-refractivity contribution is 0.0827. The van der Waals surface area contributed by atoms with E-state index in [0.717, 1.165) is 0 Å². The highest BCUT2D eigenvalue weighted by atomic mass is 35.5. The first-order chi connectivity index (χ1) is 10.3. The molecular weight excluding hydrogens is 324 g/mol. The maximum atomic E-state index is 12.3. The molecule has 116 valence electrons. The summed E-state index contributed by atoms with van der Waals surface area (Å²) in [7, 11) is -0.526. The molecule has 0 heterocycles. The number of nitrogens with zero attached hydrogens (tertiary/aromatic N) is 1. The minimum absolute atomic E-state index is 0.121. The maximum Gasteiger partial charge on any atom is 0.261 e. The summed E-state index contributed by atoms with van der Waals surface area (Å²) in [5.74, 6) is -0.239. The standard InChI is InChI=1S/C15H15ClN2O3S/c1-18(2)15(19)11-8-9-13(16)14(10-11)17-22(20,21)12-6-4-3-5-7-12/h3-10,17H,1-2H3. The van der Waals surface area contributed by atoms with Crippen molar-refractivity contribution in [3.8, 4) is 0 Å². The lowest BCUT2D eigenvalue weighted by atomic mass is 10.2. The average Bonchev–Trinajstić information content (AvgIpc) is 2.49. The molecule has 0 radical (unpaired) electrons. The zero-order valence-electron chi connectivity index (χ0n) is 12.1. The van der Waals surface area contributed by atoms with Gasteiger partial charge in [0.25, 0.3) is 15.9 Å². The van der Waals surface area contributed by atoms with Crippen LogP contribution >= 0.6 is 11.6 Å². The van der Waals surface area contributed by atoms with E-state index in [1.54, 1.807) is 38.4 Å². The van der Waals surface area contributed by atoms with E-state index < -0.39 is 10.0 Å². The predicted molar refractivity (Wildman–Crippen MR) is 86.7 cm³/mol. The first kappa shape index (κ1) is 16.3. The summed E-state index contributed by atoms with van der Waals surface area (Å²) in [6, 6.07) is 12.4. The van der Waals surface area contributed by atoms with Crippen LogP contribution in [-0.4, -0.2) is 33.3 Å². The Kier molecular flexibility index (Phi) is 4.73. The number of carbonyl (C=O) groups excluding carboxylic acids is 1. The minimum atomic E-state index is -3.76. The number of sulfonamides is 1. The molecule has 0 aliphatic heterocycles. The topological polar surface area (TPSA) is 66.5 Å². The molecule has 0 atom stereocenters. The van der Waals surface area contributed by atoms with Crippen molar-refractivity contribution in [3.05, 3.63) is 59.1 Å². The van der Waals surface area contributed by atoms with Crippen LogP contribution in [0.1, 0.15) is 10.4 Å². The third-order valence-electron chi connectivity index (χ3n) is 2.92. The number of benzene rings is 2. The van der Waals surface area contributed by atoms with E-state index in [-0.39, 0.29) is 21.5 Å². The van der Waals surface area contributed by atoms with E-state index in [4.69, 9.17) is 11.6 Å². The fourth-order valence-corrected chi connectivity index (χ4v) is 3.11. The van der Waals surface area contributed by atoms with E-state index in [1.807, 2.05) is 0 Å². The Morgan fingerprint density at radius 1 is 1.09 bits per heavy atom. The van der Waals surface area contributed by atoms with E-state index >= 15 is 0 Å². The zero-order valence-corrected chi connectivity index (χ0v) is 13.6. The molecule has 7 heteroatoms. The molecule has 0 aliphatic rings. The number of anilines is 1. The Hall–Kier alpha value is -2.05. The minimum Gasteiger partial charge on any atom is -0.345 e. The van der Waals surface area contributed by atoms with Crippen molar-refractivity contribution in [3.63, 3.8) is 0 Å². The van der Waals surface area contributed by atoms with Gasteiger partial charge in [0.15, 0.2) is 0 Å². The summed E-state index contributed by atoms with van der Waals surface area (Å²) in [6.45, 7) is 0. The fourth-order valence-electron chi connectivity index (χ4n) is 1.80. The largest absolute Gasteiger partial charge is 0.345 e. The van der Waals surface area contributed by atoms with Gasteiger partial charge in [-0.3, -0.25) is 9.52 Å². The fraction of sp³-hybridized carbons (Fsp3) is 0.133. The Labute approximate surface area is 134 Å². The van der Waals surface area contributed by atoms with Gasteiger partial charge < -0.3 is 4.90 Å². The van der Waals surface area contributed by atoms with Gasteiger partial charge in [-0.25, -0.2) is 8.42 Å². The summed E-state index contributed by atoms with van der Waals surface area (Å²) in [4.78, 5) is 13.5. The second kappa shape index (κ2) is 6.37. The van der Waals surface area contributed by atoms with Crippen molar-refractivity contribution in [1.29, 1.82) is 0 Å². The lowest BCUT2D eigenvalue weighted by Gasteiger charge is -2.13. The average molecular weight is 339 g/mol. The SMILES string of the molecule is CN(C)C(=O)c1ccc(Cl)c(NS(=O)(=O)c2ccccc2)c1. The molecule has 1 N–H and O–H groups in total. The summed E-state index contributed by atoms with van der Waals surface area (Å²) >= 11 is 6.02. The van der Waals surface area contributed by atoms with Gasteiger partial charge in [-0.2, -0.15) is 0 Å². The van der Waals surface area contributed by atoms with Gasteiger partial charge in [-0.15, -0.1) is 0 Å². The summed E-state index contributed by atoms with van der Waals surface area (Å²) in [5, 5.41) is 0.217. The first-order valence-corrected chi connectivity index (χ1v) is 8.26. The van der Waals surface area contributed by atoms with Crippen LogP contribution in [0.4, 0.5) is 5.69 Å². The van der Waals surface area contributed by atoms with Gasteiger partial charge in [-0.05, 0) is 30.3 Å². The first-order valence-electron chi connectivity index (χ1n) is 6.40. The molecule has 1 amide bonds. The zero-order chi connectivity index (χ0) is 16.3. The quantitative estimate of drug-likeness (QED) is 0.932. The molecule has 0 bridgehead atoms. The van der Waals surface area contributed by atoms with Crippen LogP contribution in [-0.2, 0) is 10.0 Å².